The number of carbonyl (C=O) groups is 1. The maximum absolute atomic E-state index is 12.7. The highest BCUT2D eigenvalue weighted by Gasteiger charge is 2.29. The molecule has 1 N–H and O–H groups in total. The number of amides is 1. The number of hydrogen-bond donors (Lipinski definition) is 1. The second-order valence-electron chi connectivity index (χ2n) is 7.62. The van der Waals surface area contributed by atoms with Crippen molar-refractivity contribution < 1.29 is 17.9 Å². The van der Waals surface area contributed by atoms with Gasteiger partial charge in [-0.25, -0.2) is 8.42 Å². The van der Waals surface area contributed by atoms with Gasteiger partial charge in [-0.05, 0) is 55.5 Å². The number of nitrogens with one attached hydrogen (secondary N) is 1. The maximum atomic E-state index is 12.7. The van der Waals surface area contributed by atoms with Crippen LogP contribution in [0.4, 0.5) is 5.69 Å². The number of nitrogens with zero attached hydrogens (tertiary/aromatic N) is 1. The molecular formula is C24H28N2O4S. The molecule has 31 heavy (non-hydrogen) atoms. The number of benzene rings is 3. The molecule has 0 heterocycles. The topological polar surface area (TPSA) is 75.7 Å². The molecule has 0 bridgehead atoms. The van der Waals surface area contributed by atoms with E-state index in [0.29, 0.717) is 5.69 Å². The second kappa shape index (κ2) is 9.39. The first-order chi connectivity index (χ1) is 14.7. The smallest absolute Gasteiger partial charge is 0.243 e. The molecule has 1 atom stereocenters. The largest absolute Gasteiger partial charge is 0.491 e. The summed E-state index contributed by atoms with van der Waals surface area (Å²) in [6.45, 7) is 5.98. The third-order valence-corrected chi connectivity index (χ3v) is 6.48. The normalized spacial score (nSPS) is 12.4. The molecule has 3 rings (SSSR count). The number of carbonyl (C=O) groups excluding carboxylic acids is 1. The van der Waals surface area contributed by atoms with Crippen LogP contribution in [0.25, 0.3) is 10.8 Å². The molecule has 0 aliphatic heterocycles. The van der Waals surface area contributed by atoms with E-state index in [2.05, 4.69) is 5.32 Å². The number of hydrogen-bond acceptors (Lipinski definition) is 4. The van der Waals surface area contributed by atoms with Crippen molar-refractivity contribution in [3.8, 4) is 5.75 Å². The van der Waals surface area contributed by atoms with Crippen molar-refractivity contribution in [3.63, 3.8) is 0 Å². The summed E-state index contributed by atoms with van der Waals surface area (Å²) in [7, 11) is -3.65. The fraction of sp³-hybridized carbons (Fsp3) is 0.292. The van der Waals surface area contributed by atoms with Crippen LogP contribution in [-0.2, 0) is 14.8 Å². The van der Waals surface area contributed by atoms with E-state index in [4.69, 9.17) is 4.74 Å². The minimum Gasteiger partial charge on any atom is -0.491 e. The van der Waals surface area contributed by atoms with Gasteiger partial charge < -0.3 is 10.1 Å². The van der Waals surface area contributed by atoms with E-state index in [9.17, 15) is 13.2 Å². The van der Waals surface area contributed by atoms with Crippen molar-refractivity contribution in [2.75, 3.05) is 23.7 Å². The highest BCUT2D eigenvalue weighted by atomic mass is 32.2. The van der Waals surface area contributed by atoms with E-state index < -0.39 is 16.1 Å². The van der Waals surface area contributed by atoms with E-state index in [1.165, 1.54) is 0 Å². The Hall–Kier alpha value is -3.06. The van der Waals surface area contributed by atoms with Crippen molar-refractivity contribution >= 4 is 32.4 Å². The molecule has 0 fully saturated rings. The molecule has 0 saturated carbocycles. The Morgan fingerprint density at radius 3 is 2.45 bits per heavy atom. The monoisotopic (exact) mass is 440 g/mol. The zero-order valence-corrected chi connectivity index (χ0v) is 19.1. The molecule has 0 spiro atoms. The number of fused-ring (bicyclic) bond motifs is 1. The zero-order chi connectivity index (χ0) is 22.6. The molecule has 7 heteroatoms. The predicted molar refractivity (Wildman–Crippen MR) is 125 cm³/mol. The fourth-order valence-electron chi connectivity index (χ4n) is 3.48. The number of rotatable bonds is 8. The second-order valence-corrected chi connectivity index (χ2v) is 9.48. The Morgan fingerprint density at radius 2 is 1.74 bits per heavy atom. The van der Waals surface area contributed by atoms with Crippen LogP contribution in [0.1, 0.15) is 18.1 Å². The van der Waals surface area contributed by atoms with Gasteiger partial charge in [0.25, 0.3) is 0 Å². The molecule has 3 aromatic rings. The van der Waals surface area contributed by atoms with Gasteiger partial charge in [0.2, 0.25) is 15.9 Å². The first-order valence-corrected chi connectivity index (χ1v) is 12.0. The Labute approximate surface area is 183 Å². The van der Waals surface area contributed by atoms with Crippen LogP contribution in [0.2, 0.25) is 0 Å². The highest BCUT2D eigenvalue weighted by molar-refractivity contribution is 7.92. The van der Waals surface area contributed by atoms with Gasteiger partial charge in [0.15, 0.2) is 0 Å². The molecule has 0 saturated heterocycles. The molecule has 0 aliphatic carbocycles. The van der Waals surface area contributed by atoms with Crippen LogP contribution in [0, 0.1) is 13.8 Å². The van der Waals surface area contributed by atoms with E-state index >= 15 is 0 Å². The molecule has 0 aliphatic rings. The van der Waals surface area contributed by atoms with Crippen molar-refractivity contribution in [2.24, 2.45) is 0 Å². The van der Waals surface area contributed by atoms with Crippen LogP contribution in [-0.4, -0.2) is 39.8 Å². The molecule has 6 nitrogen and oxygen atoms in total. The summed E-state index contributed by atoms with van der Waals surface area (Å²) < 4.78 is 31.9. The Morgan fingerprint density at radius 1 is 1.03 bits per heavy atom. The van der Waals surface area contributed by atoms with Gasteiger partial charge in [-0.15, -0.1) is 0 Å². The molecule has 0 radical (unpaired) electrons. The van der Waals surface area contributed by atoms with Gasteiger partial charge in [-0.1, -0.05) is 42.5 Å². The third kappa shape index (κ3) is 5.35. The first kappa shape index (κ1) is 22.6. The van der Waals surface area contributed by atoms with Crippen molar-refractivity contribution in [1.29, 1.82) is 0 Å². The first-order valence-electron chi connectivity index (χ1n) is 10.1. The fourth-order valence-corrected chi connectivity index (χ4v) is 4.64. The summed E-state index contributed by atoms with van der Waals surface area (Å²) in [5, 5.41) is 4.86. The number of anilines is 1. The van der Waals surface area contributed by atoms with Crippen LogP contribution >= 0.6 is 0 Å². The van der Waals surface area contributed by atoms with E-state index in [-0.39, 0.29) is 19.1 Å². The van der Waals surface area contributed by atoms with Crippen molar-refractivity contribution in [1.82, 2.24) is 5.32 Å². The van der Waals surface area contributed by atoms with E-state index in [0.717, 1.165) is 38.2 Å². The minimum atomic E-state index is -3.65. The average molecular weight is 441 g/mol. The lowest BCUT2D eigenvalue weighted by atomic mass is 10.1. The molecule has 1 amide bonds. The molecule has 1 unspecified atom stereocenters. The number of aryl methyl sites for hydroxylation is 2. The summed E-state index contributed by atoms with van der Waals surface area (Å²) in [6.07, 6.45) is 1.11. The summed E-state index contributed by atoms with van der Waals surface area (Å²) in [4.78, 5) is 12.7. The third-order valence-electron chi connectivity index (χ3n) is 5.24. The Kier molecular flexibility index (Phi) is 6.85. The van der Waals surface area contributed by atoms with Crippen LogP contribution in [0.15, 0.2) is 60.7 Å². The SMILES string of the molecule is Cc1ccc(N(C(C)C(=O)NCCOc2cccc3ccccc23)S(C)(=O)=O)cc1C. The van der Waals surface area contributed by atoms with Gasteiger partial charge in [0.1, 0.15) is 18.4 Å². The number of ether oxygens (including phenoxy) is 1. The standard InChI is InChI=1S/C24H28N2O4S/c1-17-12-13-21(16-18(17)2)26(31(4,28)29)19(3)24(27)25-14-15-30-23-11-7-9-20-8-5-6-10-22(20)23/h5-13,16,19H,14-15H2,1-4H3,(H,25,27). The molecule has 3 aromatic carbocycles. The average Bonchev–Trinajstić information content (AvgIpc) is 2.72. The summed E-state index contributed by atoms with van der Waals surface area (Å²) in [6, 6.07) is 18.2. The van der Waals surface area contributed by atoms with Gasteiger partial charge in [-0.3, -0.25) is 9.10 Å². The maximum Gasteiger partial charge on any atom is 0.243 e. The van der Waals surface area contributed by atoms with Gasteiger partial charge in [0.05, 0.1) is 18.5 Å². The summed E-state index contributed by atoms with van der Waals surface area (Å²) in [5.41, 5.74) is 2.49. The van der Waals surface area contributed by atoms with Crippen LogP contribution in [0.3, 0.4) is 0 Å². The Balaban J connectivity index is 1.65. The van der Waals surface area contributed by atoms with Gasteiger partial charge in [0, 0.05) is 5.39 Å². The summed E-state index contributed by atoms with van der Waals surface area (Å²) >= 11 is 0. The lowest BCUT2D eigenvalue weighted by Crippen LogP contribution is -2.48. The lowest BCUT2D eigenvalue weighted by molar-refractivity contribution is -0.121. The van der Waals surface area contributed by atoms with Gasteiger partial charge >= 0.3 is 0 Å². The molecule has 0 aromatic heterocycles. The lowest BCUT2D eigenvalue weighted by Gasteiger charge is -2.28. The van der Waals surface area contributed by atoms with Crippen molar-refractivity contribution in [2.45, 2.75) is 26.8 Å². The highest BCUT2D eigenvalue weighted by Crippen LogP contribution is 2.25. The van der Waals surface area contributed by atoms with Gasteiger partial charge in [-0.2, -0.15) is 0 Å². The zero-order valence-electron chi connectivity index (χ0n) is 18.3. The predicted octanol–water partition coefficient (Wildman–Crippen LogP) is 3.81. The van der Waals surface area contributed by atoms with E-state index in [1.807, 2.05) is 62.4 Å². The minimum absolute atomic E-state index is 0.261. The Bertz CT molecular complexity index is 1190. The number of sulfonamides is 1. The quantitative estimate of drug-likeness (QED) is 0.541. The van der Waals surface area contributed by atoms with Crippen molar-refractivity contribution in [3.05, 3.63) is 71.8 Å². The van der Waals surface area contributed by atoms with Crippen LogP contribution in [0.5, 0.6) is 5.75 Å². The van der Waals surface area contributed by atoms with E-state index in [1.54, 1.807) is 19.1 Å². The molecule has 164 valence electrons. The van der Waals surface area contributed by atoms with Crippen LogP contribution < -0.4 is 14.4 Å². The molecular weight excluding hydrogens is 412 g/mol. The summed E-state index contributed by atoms with van der Waals surface area (Å²) in [5.74, 6) is 0.360.